The lowest BCUT2D eigenvalue weighted by Gasteiger charge is -2.40. The Kier molecular flexibility index (Phi) is 8.69. The van der Waals surface area contributed by atoms with Crippen LogP contribution in [0.3, 0.4) is 0 Å². The number of fused-ring (bicyclic) bond motifs is 1. The van der Waals surface area contributed by atoms with E-state index < -0.39 is 0 Å². The second kappa shape index (κ2) is 12.1. The van der Waals surface area contributed by atoms with Crippen LogP contribution in [0.5, 0.6) is 0 Å². The Morgan fingerprint density at radius 1 is 1.02 bits per heavy atom. The number of benzene rings is 2. The fourth-order valence-corrected chi connectivity index (χ4v) is 5.83. The van der Waals surface area contributed by atoms with E-state index in [1.54, 1.807) is 6.20 Å². The molecule has 2 aromatic carbocycles. The molecular weight excluding hydrogens is 556 g/mol. The predicted octanol–water partition coefficient (Wildman–Crippen LogP) is 7.83. The molecule has 226 valence electrons. The summed E-state index contributed by atoms with van der Waals surface area (Å²) in [5, 5.41) is 27.8. The van der Waals surface area contributed by atoms with Gasteiger partial charge in [-0.3, -0.25) is 9.88 Å². The van der Waals surface area contributed by atoms with Gasteiger partial charge in [0.2, 0.25) is 0 Å². The molecule has 0 saturated carbocycles. The molecule has 1 fully saturated rings. The van der Waals surface area contributed by atoms with Crippen LogP contribution in [0.1, 0.15) is 90.2 Å². The van der Waals surface area contributed by atoms with Gasteiger partial charge in [-0.2, -0.15) is 5.26 Å². The van der Waals surface area contributed by atoms with E-state index >= 15 is 0 Å². The van der Waals surface area contributed by atoms with Crippen LogP contribution >= 0.6 is 11.6 Å². The maximum atomic E-state index is 9.94. The normalized spacial score (nSPS) is 16.5. The molecule has 4 aromatic rings. The molecule has 9 heteroatoms. The van der Waals surface area contributed by atoms with Gasteiger partial charge in [-0.25, -0.2) is 4.68 Å². The number of piperidine rings is 1. The molecule has 5 rings (SSSR count). The Morgan fingerprint density at radius 2 is 1.72 bits per heavy atom. The molecule has 2 N–H and O–H groups in total. The Bertz CT molecular complexity index is 1600. The minimum atomic E-state index is -0.254. The maximum Gasteiger partial charge on any atom is 0.109 e. The summed E-state index contributed by atoms with van der Waals surface area (Å²) in [7, 11) is 0. The topological polar surface area (TPSA) is 94.7 Å². The van der Waals surface area contributed by atoms with E-state index in [1.807, 2.05) is 35.0 Å². The Balaban J connectivity index is 1.49. The van der Waals surface area contributed by atoms with Crippen molar-refractivity contribution in [1.82, 2.24) is 24.9 Å². The number of nitrogens with one attached hydrogen (secondary N) is 2. The van der Waals surface area contributed by atoms with Crippen molar-refractivity contribution in [3.63, 3.8) is 0 Å². The summed E-state index contributed by atoms with van der Waals surface area (Å²) in [6.07, 6.45) is 5.76. The first-order chi connectivity index (χ1) is 20.3. The number of rotatable bonds is 7. The summed E-state index contributed by atoms with van der Waals surface area (Å²) < 4.78 is 2.04. The van der Waals surface area contributed by atoms with Crippen molar-refractivity contribution in [1.29, 1.82) is 5.26 Å². The quantitative estimate of drug-likeness (QED) is 0.224. The molecule has 3 heterocycles. The van der Waals surface area contributed by atoms with Crippen molar-refractivity contribution in [2.75, 3.05) is 23.7 Å². The Hall–Kier alpha value is -3.67. The van der Waals surface area contributed by atoms with Crippen LogP contribution in [0, 0.1) is 16.7 Å². The summed E-state index contributed by atoms with van der Waals surface area (Å²) in [4.78, 5) is 7.08. The number of pyridine rings is 1. The molecule has 0 aliphatic carbocycles. The molecule has 2 unspecified atom stereocenters. The van der Waals surface area contributed by atoms with Gasteiger partial charge in [0.05, 0.1) is 40.1 Å². The average Bonchev–Trinajstić information content (AvgIpc) is 3.46. The van der Waals surface area contributed by atoms with Crippen LogP contribution in [0.25, 0.3) is 10.9 Å². The highest BCUT2D eigenvalue weighted by Crippen LogP contribution is 2.37. The van der Waals surface area contributed by atoms with Crippen LogP contribution in [0.2, 0.25) is 5.02 Å². The summed E-state index contributed by atoms with van der Waals surface area (Å²) in [6, 6.07) is 16.6. The first-order valence-electron chi connectivity index (χ1n) is 15.1. The van der Waals surface area contributed by atoms with E-state index in [-0.39, 0.29) is 23.0 Å². The number of likely N-dealkylation sites (tertiary alicyclic amines) is 1. The highest BCUT2D eigenvalue weighted by molar-refractivity contribution is 6.35. The molecule has 1 saturated heterocycles. The van der Waals surface area contributed by atoms with Crippen LogP contribution in [-0.2, 0) is 0 Å². The highest BCUT2D eigenvalue weighted by atomic mass is 35.5. The Morgan fingerprint density at radius 3 is 2.35 bits per heavy atom. The summed E-state index contributed by atoms with van der Waals surface area (Å²) in [6.45, 7) is 17.6. The lowest BCUT2D eigenvalue weighted by Crippen LogP contribution is -2.46. The number of aromatic nitrogens is 4. The molecule has 1 aliphatic heterocycles. The fraction of sp³-hybridized carbons (Fsp3) is 0.471. The van der Waals surface area contributed by atoms with E-state index in [4.69, 9.17) is 11.6 Å². The van der Waals surface area contributed by atoms with Crippen molar-refractivity contribution < 1.29 is 0 Å². The third kappa shape index (κ3) is 6.79. The maximum absolute atomic E-state index is 9.94. The van der Waals surface area contributed by atoms with Gasteiger partial charge >= 0.3 is 0 Å². The summed E-state index contributed by atoms with van der Waals surface area (Å²) in [5.41, 5.74) is 4.74. The predicted molar refractivity (Wildman–Crippen MR) is 176 cm³/mol. The lowest BCUT2D eigenvalue weighted by molar-refractivity contribution is 0.0866. The minimum Gasteiger partial charge on any atom is -0.380 e. The molecule has 43 heavy (non-hydrogen) atoms. The van der Waals surface area contributed by atoms with Crippen molar-refractivity contribution in [3.05, 3.63) is 76.7 Å². The molecule has 2 atom stereocenters. The van der Waals surface area contributed by atoms with Gasteiger partial charge < -0.3 is 10.6 Å². The molecule has 0 spiro atoms. The third-order valence-corrected chi connectivity index (χ3v) is 9.05. The third-order valence-electron chi connectivity index (χ3n) is 8.76. The molecule has 0 bridgehead atoms. The van der Waals surface area contributed by atoms with Crippen LogP contribution in [0.4, 0.5) is 11.4 Å². The second-order valence-corrected chi connectivity index (χ2v) is 14.2. The number of halogens is 1. The molecule has 8 nitrogen and oxygen atoms in total. The standard InChI is InChI=1S/C34H43ClN8/c1-22(33(2,3)4)38-30-24(19-36)20-37-32-27(30)17-25(18-28(32)35)39-31(23-11-9-8-10-12-23)29-21-43(41-40-29)26-13-15-42(16-14-26)34(5,6)7/h8-12,17-18,20-22,26,31,39H,13-16H2,1-7H3,(H,37,38). The first-order valence-corrected chi connectivity index (χ1v) is 15.5. The second-order valence-electron chi connectivity index (χ2n) is 13.7. The largest absolute Gasteiger partial charge is 0.380 e. The number of anilines is 2. The Labute approximate surface area is 260 Å². The molecule has 2 aromatic heterocycles. The zero-order valence-electron chi connectivity index (χ0n) is 26.3. The van der Waals surface area contributed by atoms with Crippen LogP contribution in [0.15, 0.2) is 54.9 Å². The smallest absolute Gasteiger partial charge is 0.109 e. The highest BCUT2D eigenvalue weighted by Gasteiger charge is 2.29. The van der Waals surface area contributed by atoms with Gasteiger partial charge in [-0.15, -0.1) is 5.10 Å². The van der Waals surface area contributed by atoms with Crippen molar-refractivity contribution in [2.24, 2.45) is 5.41 Å². The monoisotopic (exact) mass is 598 g/mol. The van der Waals surface area contributed by atoms with E-state index in [9.17, 15) is 5.26 Å². The van der Waals surface area contributed by atoms with E-state index in [1.165, 1.54) is 0 Å². The van der Waals surface area contributed by atoms with Crippen LogP contribution in [-0.4, -0.2) is 49.5 Å². The number of hydrogen-bond donors (Lipinski definition) is 2. The van der Waals surface area contributed by atoms with E-state index in [0.717, 1.165) is 53.9 Å². The van der Waals surface area contributed by atoms with Crippen molar-refractivity contribution in [3.8, 4) is 6.07 Å². The summed E-state index contributed by atoms with van der Waals surface area (Å²) in [5.74, 6) is 0. The van der Waals surface area contributed by atoms with Gasteiger partial charge in [0.1, 0.15) is 11.8 Å². The number of hydrogen-bond acceptors (Lipinski definition) is 7. The fourth-order valence-electron chi connectivity index (χ4n) is 5.56. The average molecular weight is 599 g/mol. The minimum absolute atomic E-state index is 0.0183. The zero-order chi connectivity index (χ0) is 30.9. The number of nitriles is 1. The lowest BCUT2D eigenvalue weighted by atomic mass is 9.87. The first kappa shape index (κ1) is 30.8. The van der Waals surface area contributed by atoms with E-state index in [2.05, 4.69) is 104 Å². The molecule has 0 radical (unpaired) electrons. The van der Waals surface area contributed by atoms with Gasteiger partial charge in [-0.1, -0.05) is 67.9 Å². The van der Waals surface area contributed by atoms with Crippen LogP contribution < -0.4 is 10.6 Å². The zero-order valence-corrected chi connectivity index (χ0v) is 27.1. The van der Waals surface area contributed by atoms with Gasteiger partial charge in [-0.05, 0) is 63.6 Å². The molecule has 0 amide bonds. The van der Waals surface area contributed by atoms with Gasteiger partial charge in [0.15, 0.2) is 0 Å². The van der Waals surface area contributed by atoms with E-state index in [0.29, 0.717) is 22.1 Å². The van der Waals surface area contributed by atoms with Gasteiger partial charge in [0.25, 0.3) is 0 Å². The molecular formula is C34H43ClN8. The number of nitrogens with zero attached hydrogens (tertiary/aromatic N) is 6. The SMILES string of the molecule is CC(Nc1c(C#N)cnc2c(Cl)cc(NC(c3ccccc3)c3cn(C4CCN(C(C)(C)C)CC4)nn3)cc12)C(C)(C)C. The van der Waals surface area contributed by atoms with Gasteiger partial charge in [0, 0.05) is 41.9 Å². The van der Waals surface area contributed by atoms with Crippen molar-refractivity contribution >= 4 is 33.9 Å². The molecule has 1 aliphatic rings. The summed E-state index contributed by atoms with van der Waals surface area (Å²) >= 11 is 6.83. The van der Waals surface area contributed by atoms with Crippen molar-refractivity contribution in [2.45, 2.75) is 85.0 Å².